The minimum absolute atomic E-state index is 0.186. The van der Waals surface area contributed by atoms with Crippen LogP contribution >= 0.6 is 0 Å². The molecule has 2 atom stereocenters. The summed E-state index contributed by atoms with van der Waals surface area (Å²) < 4.78 is 6.01. The van der Waals surface area contributed by atoms with Crippen LogP contribution < -0.4 is 5.32 Å². The molecule has 0 aliphatic carbocycles. The van der Waals surface area contributed by atoms with Crippen molar-refractivity contribution in [2.75, 3.05) is 13.2 Å². The van der Waals surface area contributed by atoms with Crippen molar-refractivity contribution >= 4 is 10.9 Å². The zero-order valence-electron chi connectivity index (χ0n) is 12.0. The standard InChI is InChI=1S/C17H22N2O/c1-2-9-18-13-8-11-20-17(12-13)15-7-10-19-16-6-4-3-5-14(15)16/h3-7,10,13,17-18H,2,8-9,11-12H2,1H3. The molecule has 0 spiro atoms. The molecular formula is C17H22N2O. The summed E-state index contributed by atoms with van der Waals surface area (Å²) in [6, 6.07) is 11.0. The Bertz CT molecular complexity index is 564. The fraction of sp³-hybridized carbons (Fsp3) is 0.471. The van der Waals surface area contributed by atoms with Gasteiger partial charge in [0.15, 0.2) is 0 Å². The van der Waals surface area contributed by atoms with Crippen LogP contribution in [0.2, 0.25) is 0 Å². The Morgan fingerprint density at radius 1 is 1.30 bits per heavy atom. The molecule has 2 heterocycles. The molecular weight excluding hydrogens is 248 g/mol. The molecule has 3 heteroatoms. The van der Waals surface area contributed by atoms with Gasteiger partial charge in [0.25, 0.3) is 0 Å². The number of nitrogens with zero attached hydrogens (tertiary/aromatic N) is 1. The molecule has 0 amide bonds. The Labute approximate surface area is 120 Å². The van der Waals surface area contributed by atoms with Crippen molar-refractivity contribution in [2.24, 2.45) is 0 Å². The molecule has 0 saturated carbocycles. The Morgan fingerprint density at radius 3 is 3.10 bits per heavy atom. The van der Waals surface area contributed by atoms with Crippen molar-refractivity contribution in [3.05, 3.63) is 42.1 Å². The number of para-hydroxylation sites is 1. The average molecular weight is 270 g/mol. The summed E-state index contributed by atoms with van der Waals surface area (Å²) in [4.78, 5) is 4.43. The number of aromatic nitrogens is 1. The molecule has 106 valence electrons. The molecule has 1 aromatic heterocycles. The van der Waals surface area contributed by atoms with Gasteiger partial charge in [0.05, 0.1) is 11.6 Å². The van der Waals surface area contributed by atoms with Crippen LogP contribution in [0.25, 0.3) is 10.9 Å². The molecule has 0 bridgehead atoms. The quantitative estimate of drug-likeness (QED) is 0.924. The van der Waals surface area contributed by atoms with Crippen LogP contribution in [-0.4, -0.2) is 24.2 Å². The molecule has 1 aromatic carbocycles. The first-order valence-electron chi connectivity index (χ1n) is 7.57. The highest BCUT2D eigenvalue weighted by atomic mass is 16.5. The normalized spacial score (nSPS) is 23.1. The Balaban J connectivity index is 1.83. The van der Waals surface area contributed by atoms with Crippen LogP contribution in [0.4, 0.5) is 0 Å². The van der Waals surface area contributed by atoms with Crippen molar-refractivity contribution < 1.29 is 4.74 Å². The number of rotatable bonds is 4. The summed E-state index contributed by atoms with van der Waals surface area (Å²) in [5.74, 6) is 0. The van der Waals surface area contributed by atoms with E-state index in [1.807, 2.05) is 12.3 Å². The van der Waals surface area contributed by atoms with E-state index in [2.05, 4.69) is 41.5 Å². The first-order valence-corrected chi connectivity index (χ1v) is 7.57. The van der Waals surface area contributed by atoms with Crippen LogP contribution in [0.3, 0.4) is 0 Å². The van der Waals surface area contributed by atoms with Gasteiger partial charge in [-0.3, -0.25) is 4.98 Å². The van der Waals surface area contributed by atoms with Gasteiger partial charge in [0.2, 0.25) is 0 Å². The maximum Gasteiger partial charge on any atom is 0.0846 e. The molecule has 20 heavy (non-hydrogen) atoms. The van der Waals surface area contributed by atoms with Gasteiger partial charge >= 0.3 is 0 Å². The van der Waals surface area contributed by atoms with Crippen molar-refractivity contribution in [1.29, 1.82) is 0 Å². The lowest BCUT2D eigenvalue weighted by Gasteiger charge is -2.31. The Morgan fingerprint density at radius 2 is 2.20 bits per heavy atom. The number of pyridine rings is 1. The fourth-order valence-corrected chi connectivity index (χ4v) is 2.95. The van der Waals surface area contributed by atoms with E-state index in [-0.39, 0.29) is 6.10 Å². The number of benzene rings is 1. The van der Waals surface area contributed by atoms with Gasteiger partial charge < -0.3 is 10.1 Å². The lowest BCUT2D eigenvalue weighted by Crippen LogP contribution is -2.36. The molecule has 1 N–H and O–H groups in total. The molecule has 3 rings (SSSR count). The van der Waals surface area contributed by atoms with E-state index in [4.69, 9.17) is 4.74 Å². The number of fused-ring (bicyclic) bond motifs is 1. The van der Waals surface area contributed by atoms with Crippen LogP contribution in [0.1, 0.15) is 37.9 Å². The highest BCUT2D eigenvalue weighted by molar-refractivity contribution is 5.82. The third kappa shape index (κ3) is 2.84. The summed E-state index contributed by atoms with van der Waals surface area (Å²) >= 11 is 0. The van der Waals surface area contributed by atoms with Crippen LogP contribution in [0.5, 0.6) is 0 Å². The minimum Gasteiger partial charge on any atom is -0.373 e. The highest BCUT2D eigenvalue weighted by Crippen LogP contribution is 2.32. The van der Waals surface area contributed by atoms with Crippen molar-refractivity contribution in [3.63, 3.8) is 0 Å². The molecule has 1 saturated heterocycles. The molecule has 2 aromatic rings. The number of hydrogen-bond acceptors (Lipinski definition) is 3. The largest absolute Gasteiger partial charge is 0.373 e. The zero-order valence-corrected chi connectivity index (χ0v) is 12.0. The van der Waals surface area contributed by atoms with Gasteiger partial charge in [-0.1, -0.05) is 25.1 Å². The summed E-state index contributed by atoms with van der Waals surface area (Å²) in [6.07, 6.45) is 5.42. The molecule has 1 fully saturated rings. The van der Waals surface area contributed by atoms with Crippen LogP contribution in [-0.2, 0) is 4.74 Å². The minimum atomic E-state index is 0.186. The van der Waals surface area contributed by atoms with Gasteiger partial charge in [0, 0.05) is 24.2 Å². The predicted octanol–water partition coefficient (Wildman–Crippen LogP) is 3.45. The second kappa shape index (κ2) is 6.33. The summed E-state index contributed by atoms with van der Waals surface area (Å²) in [5, 5.41) is 4.84. The maximum atomic E-state index is 6.01. The van der Waals surface area contributed by atoms with Crippen molar-refractivity contribution in [2.45, 2.75) is 38.3 Å². The monoisotopic (exact) mass is 270 g/mol. The Kier molecular flexibility index (Phi) is 4.28. The van der Waals surface area contributed by atoms with E-state index < -0.39 is 0 Å². The summed E-state index contributed by atoms with van der Waals surface area (Å²) in [7, 11) is 0. The number of hydrogen-bond donors (Lipinski definition) is 1. The summed E-state index contributed by atoms with van der Waals surface area (Å²) in [5.41, 5.74) is 2.33. The molecule has 1 aliphatic rings. The first-order chi connectivity index (χ1) is 9.88. The Hall–Kier alpha value is -1.45. The van der Waals surface area contributed by atoms with E-state index in [0.29, 0.717) is 6.04 Å². The average Bonchev–Trinajstić information content (AvgIpc) is 2.52. The van der Waals surface area contributed by atoms with E-state index in [9.17, 15) is 0 Å². The molecule has 1 aliphatic heterocycles. The van der Waals surface area contributed by atoms with Gasteiger partial charge in [-0.15, -0.1) is 0 Å². The lowest BCUT2D eigenvalue weighted by atomic mass is 9.95. The SMILES string of the molecule is CCCNC1CCOC(c2ccnc3ccccc23)C1. The van der Waals surface area contributed by atoms with Gasteiger partial charge in [0.1, 0.15) is 0 Å². The van der Waals surface area contributed by atoms with E-state index in [0.717, 1.165) is 31.5 Å². The molecule has 2 unspecified atom stereocenters. The van der Waals surface area contributed by atoms with Gasteiger partial charge in [-0.05, 0) is 43.5 Å². The van der Waals surface area contributed by atoms with E-state index >= 15 is 0 Å². The third-order valence-corrected chi connectivity index (χ3v) is 4.00. The van der Waals surface area contributed by atoms with Gasteiger partial charge in [-0.2, -0.15) is 0 Å². The number of ether oxygens (including phenoxy) is 1. The second-order valence-electron chi connectivity index (χ2n) is 5.45. The van der Waals surface area contributed by atoms with Crippen LogP contribution in [0, 0.1) is 0 Å². The molecule has 3 nitrogen and oxygen atoms in total. The lowest BCUT2D eigenvalue weighted by molar-refractivity contribution is 0.00118. The topological polar surface area (TPSA) is 34.1 Å². The fourth-order valence-electron chi connectivity index (χ4n) is 2.95. The highest BCUT2D eigenvalue weighted by Gasteiger charge is 2.24. The number of nitrogens with one attached hydrogen (secondary N) is 1. The smallest absolute Gasteiger partial charge is 0.0846 e. The van der Waals surface area contributed by atoms with E-state index in [1.165, 1.54) is 17.4 Å². The van der Waals surface area contributed by atoms with Gasteiger partial charge in [-0.25, -0.2) is 0 Å². The van der Waals surface area contributed by atoms with E-state index in [1.54, 1.807) is 0 Å². The predicted molar refractivity (Wildman–Crippen MR) is 81.8 cm³/mol. The molecule has 0 radical (unpaired) electrons. The van der Waals surface area contributed by atoms with Crippen molar-refractivity contribution in [3.8, 4) is 0 Å². The van der Waals surface area contributed by atoms with Crippen molar-refractivity contribution in [1.82, 2.24) is 10.3 Å². The summed E-state index contributed by atoms with van der Waals surface area (Å²) in [6.45, 7) is 4.14. The maximum absolute atomic E-state index is 6.01. The third-order valence-electron chi connectivity index (χ3n) is 4.00. The first kappa shape index (κ1) is 13.5. The second-order valence-corrected chi connectivity index (χ2v) is 5.45. The zero-order chi connectivity index (χ0) is 13.8. The van der Waals surface area contributed by atoms with Crippen LogP contribution in [0.15, 0.2) is 36.5 Å².